The van der Waals surface area contributed by atoms with Gasteiger partial charge in [-0.05, 0) is 65.8 Å². The quantitative estimate of drug-likeness (QED) is 0.766. The van der Waals surface area contributed by atoms with E-state index in [1.54, 1.807) is 0 Å². The molecule has 0 radical (unpaired) electrons. The van der Waals surface area contributed by atoms with Crippen LogP contribution in [-0.2, 0) is 4.79 Å². The lowest BCUT2D eigenvalue weighted by Crippen LogP contribution is -2.55. The van der Waals surface area contributed by atoms with Gasteiger partial charge in [0.05, 0.1) is 5.54 Å². The molecule has 0 bridgehead atoms. The molecule has 0 spiro atoms. The zero-order chi connectivity index (χ0) is 14.8. The number of primary amides is 1. The molecular weight excluding hydrogens is 252 g/mol. The van der Waals surface area contributed by atoms with Gasteiger partial charge >= 0.3 is 0 Å². The topological polar surface area (TPSA) is 61.6 Å². The van der Waals surface area contributed by atoms with Crippen molar-refractivity contribution in [3.05, 3.63) is 0 Å². The average Bonchev–Trinajstić information content (AvgIpc) is 2.85. The number of likely N-dealkylation sites (N-methyl/N-ethyl adjacent to an activating group) is 1. The van der Waals surface area contributed by atoms with Crippen molar-refractivity contribution in [2.45, 2.75) is 56.7 Å². The van der Waals surface area contributed by atoms with Crippen molar-refractivity contribution in [2.75, 3.05) is 33.7 Å². The summed E-state index contributed by atoms with van der Waals surface area (Å²) in [5, 5.41) is 3.34. The Balaban J connectivity index is 1.95. The van der Waals surface area contributed by atoms with Crippen LogP contribution in [0.2, 0.25) is 0 Å². The van der Waals surface area contributed by atoms with Crippen LogP contribution < -0.4 is 11.1 Å². The molecule has 1 saturated carbocycles. The molecule has 1 aliphatic carbocycles. The Morgan fingerprint density at radius 1 is 1.35 bits per heavy atom. The largest absolute Gasteiger partial charge is 0.368 e. The summed E-state index contributed by atoms with van der Waals surface area (Å²) in [6.07, 6.45) is 5.26. The highest BCUT2D eigenvalue weighted by Crippen LogP contribution is 2.34. The highest BCUT2D eigenvalue weighted by Gasteiger charge is 2.45. The van der Waals surface area contributed by atoms with Gasteiger partial charge in [0.1, 0.15) is 0 Å². The van der Waals surface area contributed by atoms with Crippen LogP contribution in [-0.4, -0.2) is 67.1 Å². The van der Waals surface area contributed by atoms with Gasteiger partial charge in [-0.2, -0.15) is 0 Å². The first kappa shape index (κ1) is 15.7. The SMILES string of the molecule is CCNC1(C(N)=O)CCC(N(C)C2CCN(C)CC2)C1. The smallest absolute Gasteiger partial charge is 0.237 e. The fourth-order valence-electron chi connectivity index (χ4n) is 3.88. The number of piperidine rings is 1. The van der Waals surface area contributed by atoms with E-state index in [1.165, 1.54) is 25.9 Å². The number of hydrogen-bond donors (Lipinski definition) is 2. The third-order valence-electron chi connectivity index (χ3n) is 5.32. The molecule has 2 rings (SSSR count). The van der Waals surface area contributed by atoms with E-state index in [2.05, 4.69) is 29.2 Å². The van der Waals surface area contributed by atoms with E-state index < -0.39 is 5.54 Å². The second-order valence-corrected chi connectivity index (χ2v) is 6.57. The molecule has 0 aromatic heterocycles. The molecule has 0 aromatic rings. The van der Waals surface area contributed by atoms with Crippen molar-refractivity contribution in [3.8, 4) is 0 Å². The van der Waals surface area contributed by atoms with Crippen LogP contribution in [0.3, 0.4) is 0 Å². The van der Waals surface area contributed by atoms with Crippen molar-refractivity contribution in [3.63, 3.8) is 0 Å². The van der Waals surface area contributed by atoms with Crippen LogP contribution >= 0.6 is 0 Å². The van der Waals surface area contributed by atoms with Gasteiger partial charge in [-0.3, -0.25) is 4.79 Å². The molecule has 1 aliphatic heterocycles. The average molecular weight is 282 g/mol. The second kappa shape index (κ2) is 6.41. The van der Waals surface area contributed by atoms with Crippen LogP contribution in [0.4, 0.5) is 0 Å². The molecule has 2 atom stereocenters. The van der Waals surface area contributed by atoms with Crippen molar-refractivity contribution >= 4 is 5.91 Å². The number of nitrogens with two attached hydrogens (primary N) is 1. The molecule has 2 aliphatic rings. The summed E-state index contributed by atoms with van der Waals surface area (Å²) >= 11 is 0. The van der Waals surface area contributed by atoms with E-state index in [0.717, 1.165) is 25.8 Å². The zero-order valence-electron chi connectivity index (χ0n) is 13.2. The summed E-state index contributed by atoms with van der Waals surface area (Å²) in [7, 11) is 4.42. The number of rotatable bonds is 5. The van der Waals surface area contributed by atoms with Crippen molar-refractivity contribution in [1.29, 1.82) is 0 Å². The van der Waals surface area contributed by atoms with E-state index in [9.17, 15) is 4.79 Å². The van der Waals surface area contributed by atoms with E-state index in [-0.39, 0.29) is 5.91 Å². The van der Waals surface area contributed by atoms with Crippen LogP contribution in [0.15, 0.2) is 0 Å². The summed E-state index contributed by atoms with van der Waals surface area (Å²) < 4.78 is 0. The van der Waals surface area contributed by atoms with Gasteiger partial charge in [0.15, 0.2) is 0 Å². The molecule has 3 N–H and O–H groups in total. The van der Waals surface area contributed by atoms with E-state index in [0.29, 0.717) is 12.1 Å². The third-order valence-corrected chi connectivity index (χ3v) is 5.32. The van der Waals surface area contributed by atoms with Gasteiger partial charge < -0.3 is 20.9 Å². The summed E-state index contributed by atoms with van der Waals surface area (Å²) in [6, 6.07) is 1.14. The maximum atomic E-state index is 11.8. The Morgan fingerprint density at radius 2 is 2.00 bits per heavy atom. The van der Waals surface area contributed by atoms with Gasteiger partial charge in [-0.15, -0.1) is 0 Å². The maximum absolute atomic E-state index is 11.8. The van der Waals surface area contributed by atoms with Crippen molar-refractivity contribution in [2.24, 2.45) is 5.73 Å². The predicted octanol–water partition coefficient (Wildman–Crippen LogP) is 0.399. The Bertz CT molecular complexity index is 341. The minimum absolute atomic E-state index is 0.182. The molecule has 1 saturated heterocycles. The van der Waals surface area contributed by atoms with Crippen LogP contribution in [0.5, 0.6) is 0 Å². The Morgan fingerprint density at radius 3 is 2.55 bits per heavy atom. The van der Waals surface area contributed by atoms with Gasteiger partial charge in [-0.1, -0.05) is 6.92 Å². The van der Waals surface area contributed by atoms with Crippen molar-refractivity contribution < 1.29 is 4.79 Å². The number of nitrogens with one attached hydrogen (secondary N) is 1. The lowest BCUT2D eigenvalue weighted by atomic mass is 9.95. The van der Waals surface area contributed by atoms with E-state index in [4.69, 9.17) is 5.73 Å². The number of hydrogen-bond acceptors (Lipinski definition) is 4. The highest BCUT2D eigenvalue weighted by atomic mass is 16.1. The summed E-state index contributed by atoms with van der Waals surface area (Å²) in [5.74, 6) is -0.182. The molecule has 5 heteroatoms. The minimum atomic E-state index is -0.473. The Hall–Kier alpha value is -0.650. The molecule has 2 unspecified atom stereocenters. The van der Waals surface area contributed by atoms with Gasteiger partial charge in [-0.25, -0.2) is 0 Å². The molecule has 2 fully saturated rings. The van der Waals surface area contributed by atoms with Crippen LogP contribution in [0.25, 0.3) is 0 Å². The first-order chi connectivity index (χ1) is 9.48. The molecule has 20 heavy (non-hydrogen) atoms. The molecule has 5 nitrogen and oxygen atoms in total. The lowest BCUT2D eigenvalue weighted by molar-refractivity contribution is -0.124. The standard InChI is InChI=1S/C15H30N4O/c1-4-17-15(14(16)20)8-5-13(11-15)19(3)12-6-9-18(2)10-7-12/h12-13,17H,4-11H2,1-3H3,(H2,16,20). The number of carbonyl (C=O) groups excluding carboxylic acids is 1. The van der Waals surface area contributed by atoms with E-state index in [1.807, 2.05) is 6.92 Å². The number of carbonyl (C=O) groups is 1. The predicted molar refractivity (Wildman–Crippen MR) is 81.5 cm³/mol. The van der Waals surface area contributed by atoms with Gasteiger partial charge in [0.2, 0.25) is 5.91 Å². The van der Waals surface area contributed by atoms with Crippen LogP contribution in [0, 0.1) is 0 Å². The first-order valence-corrected chi connectivity index (χ1v) is 7.94. The fraction of sp³-hybridized carbons (Fsp3) is 0.933. The minimum Gasteiger partial charge on any atom is -0.368 e. The Labute approximate surface area is 122 Å². The molecular formula is C15H30N4O. The molecule has 116 valence electrons. The molecule has 1 heterocycles. The Kier molecular flexibility index (Phi) is 5.04. The number of nitrogens with zero attached hydrogens (tertiary/aromatic N) is 2. The molecule has 0 aromatic carbocycles. The monoisotopic (exact) mass is 282 g/mol. The van der Waals surface area contributed by atoms with E-state index >= 15 is 0 Å². The highest BCUT2D eigenvalue weighted by molar-refractivity contribution is 5.85. The summed E-state index contributed by atoms with van der Waals surface area (Å²) in [5.41, 5.74) is 5.18. The number of amides is 1. The van der Waals surface area contributed by atoms with Gasteiger partial charge in [0, 0.05) is 12.1 Å². The third kappa shape index (κ3) is 3.15. The fourth-order valence-corrected chi connectivity index (χ4v) is 3.88. The second-order valence-electron chi connectivity index (χ2n) is 6.57. The van der Waals surface area contributed by atoms with Gasteiger partial charge in [0.25, 0.3) is 0 Å². The maximum Gasteiger partial charge on any atom is 0.237 e. The van der Waals surface area contributed by atoms with Crippen LogP contribution in [0.1, 0.15) is 39.0 Å². The summed E-state index contributed by atoms with van der Waals surface area (Å²) in [6.45, 7) is 5.19. The summed E-state index contributed by atoms with van der Waals surface area (Å²) in [4.78, 5) is 16.7. The van der Waals surface area contributed by atoms with Crippen molar-refractivity contribution in [1.82, 2.24) is 15.1 Å². The normalized spacial score (nSPS) is 32.9. The number of likely N-dealkylation sites (tertiary alicyclic amines) is 1. The lowest BCUT2D eigenvalue weighted by Gasteiger charge is -2.39. The zero-order valence-corrected chi connectivity index (χ0v) is 13.2. The first-order valence-electron chi connectivity index (χ1n) is 7.94. The molecule has 1 amide bonds.